The van der Waals surface area contributed by atoms with Crippen molar-refractivity contribution in [2.45, 2.75) is 38.1 Å². The Kier molecular flexibility index (Phi) is 4.18. The molecule has 94 valence electrons. The fourth-order valence-electron chi connectivity index (χ4n) is 2.39. The van der Waals surface area contributed by atoms with Crippen LogP contribution in [-0.2, 0) is 11.2 Å². The fraction of sp³-hybridized carbons (Fsp3) is 0.615. The standard InChI is InChI=1S/C13H20N2OS/c1-2-13(6-3-7-15-13)12(16)14-8-4-11-5-9-17-10-11/h5,9-10,15H,2-4,6-8H2,1H3,(H,14,16). The minimum atomic E-state index is -0.297. The van der Waals surface area contributed by atoms with Gasteiger partial charge in [0.05, 0.1) is 5.54 Å². The zero-order chi connectivity index (χ0) is 12.1. The van der Waals surface area contributed by atoms with Gasteiger partial charge in [0.1, 0.15) is 0 Å². The molecule has 2 heterocycles. The van der Waals surface area contributed by atoms with Gasteiger partial charge in [0.25, 0.3) is 0 Å². The SMILES string of the molecule is CCC1(C(=O)NCCc2ccsc2)CCCN1. The molecule has 0 aromatic carbocycles. The van der Waals surface area contributed by atoms with Gasteiger partial charge in [-0.25, -0.2) is 0 Å². The molecule has 1 aliphatic rings. The quantitative estimate of drug-likeness (QED) is 0.841. The van der Waals surface area contributed by atoms with Crippen LogP contribution in [-0.4, -0.2) is 24.5 Å². The van der Waals surface area contributed by atoms with Crippen LogP contribution in [0.1, 0.15) is 31.7 Å². The predicted octanol–water partition coefficient (Wildman–Crippen LogP) is 1.94. The molecule has 3 nitrogen and oxygen atoms in total. The summed E-state index contributed by atoms with van der Waals surface area (Å²) in [6.07, 6.45) is 3.87. The molecule has 0 bridgehead atoms. The molecule has 0 aliphatic carbocycles. The number of hydrogen-bond acceptors (Lipinski definition) is 3. The van der Waals surface area contributed by atoms with Crippen molar-refractivity contribution < 1.29 is 4.79 Å². The number of hydrogen-bond donors (Lipinski definition) is 2. The Morgan fingerprint density at radius 1 is 1.65 bits per heavy atom. The van der Waals surface area contributed by atoms with Gasteiger partial charge in [0, 0.05) is 6.54 Å². The van der Waals surface area contributed by atoms with Crippen molar-refractivity contribution >= 4 is 17.2 Å². The number of amides is 1. The van der Waals surface area contributed by atoms with E-state index >= 15 is 0 Å². The Labute approximate surface area is 107 Å². The molecular formula is C13H20N2OS. The lowest BCUT2D eigenvalue weighted by Gasteiger charge is -2.26. The van der Waals surface area contributed by atoms with Gasteiger partial charge in [-0.2, -0.15) is 11.3 Å². The van der Waals surface area contributed by atoms with E-state index in [0.717, 1.165) is 38.8 Å². The molecule has 1 aromatic rings. The molecule has 1 saturated heterocycles. The highest BCUT2D eigenvalue weighted by atomic mass is 32.1. The normalized spacial score (nSPS) is 23.8. The van der Waals surface area contributed by atoms with E-state index in [1.54, 1.807) is 11.3 Å². The largest absolute Gasteiger partial charge is 0.354 e. The number of carbonyl (C=O) groups is 1. The van der Waals surface area contributed by atoms with Crippen LogP contribution in [0.25, 0.3) is 0 Å². The highest BCUT2D eigenvalue weighted by Gasteiger charge is 2.38. The van der Waals surface area contributed by atoms with E-state index in [2.05, 4.69) is 34.4 Å². The van der Waals surface area contributed by atoms with Gasteiger partial charge in [-0.05, 0) is 54.6 Å². The van der Waals surface area contributed by atoms with Crippen molar-refractivity contribution in [3.8, 4) is 0 Å². The van der Waals surface area contributed by atoms with E-state index in [-0.39, 0.29) is 11.4 Å². The van der Waals surface area contributed by atoms with Gasteiger partial charge >= 0.3 is 0 Å². The Morgan fingerprint density at radius 2 is 2.53 bits per heavy atom. The molecule has 1 aromatic heterocycles. The van der Waals surface area contributed by atoms with Gasteiger partial charge < -0.3 is 10.6 Å². The maximum Gasteiger partial charge on any atom is 0.240 e. The van der Waals surface area contributed by atoms with Crippen molar-refractivity contribution in [3.63, 3.8) is 0 Å². The van der Waals surface area contributed by atoms with Crippen LogP contribution in [0.2, 0.25) is 0 Å². The summed E-state index contributed by atoms with van der Waals surface area (Å²) in [6, 6.07) is 2.11. The van der Waals surface area contributed by atoms with Crippen LogP contribution >= 0.6 is 11.3 Å². The van der Waals surface area contributed by atoms with E-state index in [4.69, 9.17) is 0 Å². The molecular weight excluding hydrogens is 232 g/mol. The van der Waals surface area contributed by atoms with Crippen molar-refractivity contribution in [1.82, 2.24) is 10.6 Å². The van der Waals surface area contributed by atoms with E-state index in [9.17, 15) is 4.79 Å². The Bertz CT molecular complexity index is 356. The molecule has 1 aliphatic heterocycles. The number of thiophene rings is 1. The van der Waals surface area contributed by atoms with Crippen LogP contribution < -0.4 is 10.6 Å². The van der Waals surface area contributed by atoms with Crippen LogP contribution in [0, 0.1) is 0 Å². The van der Waals surface area contributed by atoms with Crippen molar-refractivity contribution in [2.75, 3.05) is 13.1 Å². The topological polar surface area (TPSA) is 41.1 Å². The fourth-order valence-corrected chi connectivity index (χ4v) is 3.09. The second kappa shape index (κ2) is 5.65. The molecule has 1 atom stereocenters. The third-order valence-corrected chi connectivity index (χ3v) is 4.29. The van der Waals surface area contributed by atoms with Crippen LogP contribution in [0.3, 0.4) is 0 Å². The first-order chi connectivity index (χ1) is 8.27. The van der Waals surface area contributed by atoms with Crippen LogP contribution in [0.4, 0.5) is 0 Å². The minimum Gasteiger partial charge on any atom is -0.354 e. The average molecular weight is 252 g/mol. The molecule has 0 spiro atoms. The highest BCUT2D eigenvalue weighted by Crippen LogP contribution is 2.22. The van der Waals surface area contributed by atoms with Gasteiger partial charge in [-0.1, -0.05) is 6.92 Å². The van der Waals surface area contributed by atoms with Gasteiger partial charge in [0.2, 0.25) is 5.91 Å². The Hall–Kier alpha value is -0.870. The molecule has 0 saturated carbocycles. The maximum absolute atomic E-state index is 12.2. The molecule has 4 heteroatoms. The van der Waals surface area contributed by atoms with Gasteiger partial charge in [-0.15, -0.1) is 0 Å². The van der Waals surface area contributed by atoms with E-state index in [1.165, 1.54) is 5.56 Å². The zero-order valence-electron chi connectivity index (χ0n) is 10.3. The van der Waals surface area contributed by atoms with Crippen molar-refractivity contribution in [1.29, 1.82) is 0 Å². The summed E-state index contributed by atoms with van der Waals surface area (Å²) in [6.45, 7) is 3.78. The maximum atomic E-state index is 12.2. The zero-order valence-corrected chi connectivity index (χ0v) is 11.1. The molecule has 0 radical (unpaired) electrons. The minimum absolute atomic E-state index is 0.174. The third-order valence-electron chi connectivity index (χ3n) is 3.56. The van der Waals surface area contributed by atoms with Crippen LogP contribution in [0.5, 0.6) is 0 Å². The molecule has 1 amide bonds. The summed E-state index contributed by atoms with van der Waals surface area (Å²) in [5.41, 5.74) is 1.01. The lowest BCUT2D eigenvalue weighted by atomic mass is 9.93. The van der Waals surface area contributed by atoms with Crippen molar-refractivity contribution in [2.24, 2.45) is 0 Å². The summed E-state index contributed by atoms with van der Waals surface area (Å²) in [5.74, 6) is 0.174. The van der Waals surface area contributed by atoms with Crippen LogP contribution in [0.15, 0.2) is 16.8 Å². The second-order valence-corrected chi connectivity index (χ2v) is 5.38. The summed E-state index contributed by atoms with van der Waals surface area (Å²) >= 11 is 1.70. The van der Waals surface area contributed by atoms with Gasteiger partial charge in [0.15, 0.2) is 0 Å². The van der Waals surface area contributed by atoms with Gasteiger partial charge in [-0.3, -0.25) is 4.79 Å². The first-order valence-corrected chi connectivity index (χ1v) is 7.25. The smallest absolute Gasteiger partial charge is 0.240 e. The third kappa shape index (κ3) is 2.87. The summed E-state index contributed by atoms with van der Waals surface area (Å²) < 4.78 is 0. The Morgan fingerprint density at radius 3 is 3.12 bits per heavy atom. The highest BCUT2D eigenvalue weighted by molar-refractivity contribution is 7.07. The monoisotopic (exact) mass is 252 g/mol. The number of carbonyl (C=O) groups excluding carboxylic acids is 1. The first kappa shape index (κ1) is 12.6. The van der Waals surface area contributed by atoms with E-state index < -0.39 is 0 Å². The van der Waals surface area contributed by atoms with E-state index in [1.807, 2.05) is 0 Å². The first-order valence-electron chi connectivity index (χ1n) is 6.31. The summed E-state index contributed by atoms with van der Waals surface area (Å²) in [7, 11) is 0. The summed E-state index contributed by atoms with van der Waals surface area (Å²) in [5, 5.41) is 10.6. The molecule has 17 heavy (non-hydrogen) atoms. The Balaban J connectivity index is 1.80. The molecule has 2 N–H and O–H groups in total. The molecule has 2 rings (SSSR count). The second-order valence-electron chi connectivity index (χ2n) is 4.60. The molecule has 1 unspecified atom stereocenters. The number of nitrogens with one attached hydrogen (secondary N) is 2. The van der Waals surface area contributed by atoms with E-state index in [0.29, 0.717) is 0 Å². The number of rotatable bonds is 5. The molecule has 1 fully saturated rings. The summed E-state index contributed by atoms with van der Waals surface area (Å²) in [4.78, 5) is 12.2. The lowest BCUT2D eigenvalue weighted by Crippen LogP contribution is -2.53. The lowest BCUT2D eigenvalue weighted by molar-refractivity contribution is -0.127. The van der Waals surface area contributed by atoms with Crippen molar-refractivity contribution in [3.05, 3.63) is 22.4 Å². The predicted molar refractivity (Wildman–Crippen MR) is 71.3 cm³/mol. The average Bonchev–Trinajstić information content (AvgIpc) is 3.00.